The maximum atomic E-state index is 12.8. The lowest BCUT2D eigenvalue weighted by atomic mass is 10.1. The number of aryl methyl sites for hydroxylation is 1. The second-order valence-electron chi connectivity index (χ2n) is 4.41. The van der Waals surface area contributed by atoms with Gasteiger partial charge >= 0.3 is 5.97 Å². The molecule has 21 heavy (non-hydrogen) atoms. The monoisotopic (exact) mass is 286 g/mol. The highest BCUT2D eigenvalue weighted by molar-refractivity contribution is 5.98. The number of carbonyl (C=O) groups is 1. The molecule has 5 heteroatoms. The molecule has 0 heterocycles. The number of hydrogen-bond donors (Lipinski definition) is 1. The lowest BCUT2D eigenvalue weighted by molar-refractivity contribution is 0.0516. The van der Waals surface area contributed by atoms with Gasteiger partial charge in [-0.05, 0) is 48.4 Å². The maximum Gasteiger partial charge on any atom is 0.365 e. The van der Waals surface area contributed by atoms with Crippen molar-refractivity contribution in [1.29, 1.82) is 0 Å². The van der Waals surface area contributed by atoms with Gasteiger partial charge < -0.3 is 10.6 Å². The van der Waals surface area contributed by atoms with E-state index in [1.54, 1.807) is 12.1 Å². The van der Waals surface area contributed by atoms with E-state index in [2.05, 4.69) is 5.16 Å². The summed E-state index contributed by atoms with van der Waals surface area (Å²) in [5, 5.41) is 3.57. The van der Waals surface area contributed by atoms with Crippen LogP contribution in [0.4, 0.5) is 4.39 Å². The van der Waals surface area contributed by atoms with Gasteiger partial charge in [0.1, 0.15) is 5.82 Å². The molecule has 0 fully saturated rings. The zero-order valence-corrected chi connectivity index (χ0v) is 11.5. The number of halogens is 1. The van der Waals surface area contributed by atoms with Crippen LogP contribution in [0.5, 0.6) is 0 Å². The van der Waals surface area contributed by atoms with Crippen LogP contribution in [0.3, 0.4) is 0 Å². The number of amidine groups is 1. The molecule has 0 saturated carbocycles. The van der Waals surface area contributed by atoms with Crippen LogP contribution >= 0.6 is 0 Å². The summed E-state index contributed by atoms with van der Waals surface area (Å²) in [5.74, 6) is -0.962. The first kappa shape index (κ1) is 14.7. The fourth-order valence-electron chi connectivity index (χ4n) is 1.69. The second-order valence-corrected chi connectivity index (χ2v) is 4.41. The van der Waals surface area contributed by atoms with Crippen LogP contribution < -0.4 is 5.73 Å². The highest BCUT2D eigenvalue weighted by Crippen LogP contribution is 2.07. The Morgan fingerprint density at radius 1 is 1.10 bits per heavy atom. The summed E-state index contributed by atoms with van der Waals surface area (Å²) in [7, 11) is 0. The van der Waals surface area contributed by atoms with Gasteiger partial charge in [-0.1, -0.05) is 24.2 Å². The Kier molecular flexibility index (Phi) is 4.66. The van der Waals surface area contributed by atoms with Gasteiger partial charge in [0.05, 0.1) is 5.56 Å². The number of carbonyl (C=O) groups excluding carboxylic acids is 1. The number of oxime groups is 1. The normalized spacial score (nSPS) is 11.2. The minimum atomic E-state index is -0.595. The molecular formula is C16H15FN2O2. The van der Waals surface area contributed by atoms with Crippen LogP contribution in [-0.2, 0) is 11.3 Å². The minimum absolute atomic E-state index is 0.00790. The predicted molar refractivity (Wildman–Crippen MR) is 78.4 cm³/mol. The van der Waals surface area contributed by atoms with Crippen molar-refractivity contribution in [2.45, 2.75) is 13.3 Å². The zero-order chi connectivity index (χ0) is 15.2. The van der Waals surface area contributed by atoms with Gasteiger partial charge in [0.2, 0.25) is 0 Å². The fraction of sp³-hybridized carbons (Fsp3) is 0.125. The summed E-state index contributed by atoms with van der Waals surface area (Å²) < 4.78 is 12.8. The van der Waals surface area contributed by atoms with Gasteiger partial charge in [-0.3, -0.25) is 0 Å². The van der Waals surface area contributed by atoms with E-state index in [4.69, 9.17) is 10.6 Å². The van der Waals surface area contributed by atoms with E-state index in [-0.39, 0.29) is 11.7 Å². The molecule has 0 amide bonds. The lowest BCUT2D eigenvalue weighted by Crippen LogP contribution is -2.15. The standard InChI is InChI=1S/C16H15FN2O2/c1-2-11-3-5-13(6-4-11)16(20)21-19-15(18)12-7-9-14(17)10-8-12/h3-10H,2H2,1H3,(H2,18,19). The van der Waals surface area contributed by atoms with Crippen molar-refractivity contribution in [2.75, 3.05) is 0 Å². The van der Waals surface area contributed by atoms with Crippen molar-refractivity contribution in [3.05, 3.63) is 71.0 Å². The molecule has 0 bridgehead atoms. The summed E-state index contributed by atoms with van der Waals surface area (Å²) >= 11 is 0. The Bertz CT molecular complexity index is 649. The minimum Gasteiger partial charge on any atom is -0.380 e. The third kappa shape index (κ3) is 3.89. The number of nitrogens with two attached hydrogens (primary N) is 1. The summed E-state index contributed by atoms with van der Waals surface area (Å²) in [6.45, 7) is 2.03. The van der Waals surface area contributed by atoms with Gasteiger partial charge in [0.15, 0.2) is 5.84 Å². The van der Waals surface area contributed by atoms with E-state index < -0.39 is 5.97 Å². The molecule has 0 radical (unpaired) electrons. The average Bonchev–Trinajstić information content (AvgIpc) is 2.53. The molecule has 2 aromatic carbocycles. The molecule has 0 unspecified atom stereocenters. The van der Waals surface area contributed by atoms with Crippen molar-refractivity contribution in [2.24, 2.45) is 10.9 Å². The highest BCUT2D eigenvalue weighted by Gasteiger charge is 2.08. The van der Waals surface area contributed by atoms with Crippen LogP contribution in [-0.4, -0.2) is 11.8 Å². The van der Waals surface area contributed by atoms with Gasteiger partial charge in [-0.25, -0.2) is 9.18 Å². The van der Waals surface area contributed by atoms with Gasteiger partial charge in [0.25, 0.3) is 0 Å². The molecule has 0 aliphatic carbocycles. The van der Waals surface area contributed by atoms with E-state index in [0.717, 1.165) is 12.0 Å². The Morgan fingerprint density at radius 3 is 2.24 bits per heavy atom. The molecular weight excluding hydrogens is 271 g/mol. The smallest absolute Gasteiger partial charge is 0.365 e. The van der Waals surface area contributed by atoms with Gasteiger partial charge in [-0.15, -0.1) is 0 Å². The van der Waals surface area contributed by atoms with E-state index >= 15 is 0 Å². The quantitative estimate of drug-likeness (QED) is 0.407. The summed E-state index contributed by atoms with van der Waals surface area (Å²) in [4.78, 5) is 16.6. The number of benzene rings is 2. The molecule has 0 saturated heterocycles. The first-order chi connectivity index (χ1) is 10.1. The summed E-state index contributed by atoms with van der Waals surface area (Å²) in [5.41, 5.74) is 7.66. The van der Waals surface area contributed by atoms with E-state index in [1.165, 1.54) is 24.3 Å². The van der Waals surface area contributed by atoms with Crippen LogP contribution in [0.2, 0.25) is 0 Å². The van der Waals surface area contributed by atoms with Gasteiger partial charge in [0, 0.05) is 5.56 Å². The molecule has 4 nitrogen and oxygen atoms in total. The Hall–Kier alpha value is -2.69. The first-order valence-corrected chi connectivity index (χ1v) is 6.50. The van der Waals surface area contributed by atoms with E-state index in [9.17, 15) is 9.18 Å². The SMILES string of the molecule is CCc1ccc(C(=O)O/N=C(\N)c2ccc(F)cc2)cc1. The molecule has 2 rings (SSSR count). The third-order valence-electron chi connectivity index (χ3n) is 2.96. The van der Waals surface area contributed by atoms with Crippen LogP contribution in [0.1, 0.15) is 28.4 Å². The average molecular weight is 286 g/mol. The summed E-state index contributed by atoms with van der Waals surface area (Å²) in [6.07, 6.45) is 0.894. The molecule has 0 spiro atoms. The summed E-state index contributed by atoms with van der Waals surface area (Å²) in [6, 6.07) is 12.5. The Morgan fingerprint density at radius 2 is 1.67 bits per heavy atom. The first-order valence-electron chi connectivity index (χ1n) is 6.50. The van der Waals surface area contributed by atoms with Crippen molar-refractivity contribution < 1.29 is 14.0 Å². The molecule has 108 valence electrons. The molecule has 0 aromatic heterocycles. The van der Waals surface area contributed by atoms with Crippen molar-refractivity contribution >= 4 is 11.8 Å². The lowest BCUT2D eigenvalue weighted by Gasteiger charge is -2.02. The Labute approximate surface area is 122 Å². The van der Waals surface area contributed by atoms with Crippen LogP contribution in [0.25, 0.3) is 0 Å². The van der Waals surface area contributed by atoms with Gasteiger partial charge in [-0.2, -0.15) is 0 Å². The second kappa shape index (κ2) is 6.65. The molecule has 0 atom stereocenters. The zero-order valence-electron chi connectivity index (χ0n) is 11.5. The number of nitrogens with zero attached hydrogens (tertiary/aromatic N) is 1. The third-order valence-corrected chi connectivity index (χ3v) is 2.96. The van der Waals surface area contributed by atoms with Crippen molar-refractivity contribution in [1.82, 2.24) is 0 Å². The molecule has 0 aliphatic rings. The molecule has 2 aromatic rings. The molecule has 2 N–H and O–H groups in total. The van der Waals surface area contributed by atoms with E-state index in [1.807, 2.05) is 19.1 Å². The highest BCUT2D eigenvalue weighted by atomic mass is 19.1. The number of rotatable bonds is 4. The number of hydrogen-bond acceptors (Lipinski definition) is 3. The van der Waals surface area contributed by atoms with Crippen molar-refractivity contribution in [3.63, 3.8) is 0 Å². The topological polar surface area (TPSA) is 64.7 Å². The largest absolute Gasteiger partial charge is 0.380 e. The maximum absolute atomic E-state index is 12.8. The molecule has 0 aliphatic heterocycles. The van der Waals surface area contributed by atoms with Crippen molar-refractivity contribution in [3.8, 4) is 0 Å². The van der Waals surface area contributed by atoms with Crippen LogP contribution in [0, 0.1) is 5.82 Å². The van der Waals surface area contributed by atoms with Crippen LogP contribution in [0.15, 0.2) is 53.7 Å². The fourth-order valence-corrected chi connectivity index (χ4v) is 1.69. The Balaban J connectivity index is 2.04. The predicted octanol–water partition coefficient (Wildman–Crippen LogP) is 2.87. The van der Waals surface area contributed by atoms with E-state index in [0.29, 0.717) is 11.1 Å².